The number of hydrogen-bond acceptors (Lipinski definition) is 4. The third kappa shape index (κ3) is 4.55. The molecule has 0 aliphatic heterocycles. The first kappa shape index (κ1) is 14.8. The Labute approximate surface area is 112 Å². The summed E-state index contributed by atoms with van der Waals surface area (Å²) >= 11 is 6.10. The lowest BCUT2D eigenvalue weighted by Crippen LogP contribution is -2.20. The number of halogens is 1. The fraction of sp³-hybridized carbons (Fsp3) is 0.462. The molecule has 1 atom stereocenters. The van der Waals surface area contributed by atoms with Crippen molar-refractivity contribution in [3.63, 3.8) is 0 Å². The fourth-order valence-corrected chi connectivity index (χ4v) is 1.78. The van der Waals surface area contributed by atoms with Crippen molar-refractivity contribution in [3.8, 4) is 5.75 Å². The van der Waals surface area contributed by atoms with E-state index in [9.17, 15) is 4.79 Å². The van der Waals surface area contributed by atoms with Crippen LogP contribution in [0.3, 0.4) is 0 Å². The van der Waals surface area contributed by atoms with Gasteiger partial charge in [-0.1, -0.05) is 17.7 Å². The average Bonchev–Trinajstić information content (AvgIpc) is 2.30. The zero-order valence-electron chi connectivity index (χ0n) is 10.6. The molecule has 5 heteroatoms. The monoisotopic (exact) mass is 271 g/mol. The molecule has 1 aromatic rings. The Morgan fingerprint density at radius 2 is 2.22 bits per heavy atom. The molecule has 0 saturated heterocycles. The predicted molar refractivity (Wildman–Crippen MR) is 70.9 cm³/mol. The van der Waals surface area contributed by atoms with Crippen LogP contribution in [0.15, 0.2) is 18.2 Å². The summed E-state index contributed by atoms with van der Waals surface area (Å²) < 4.78 is 10.2. The third-order valence-electron chi connectivity index (χ3n) is 2.25. The summed E-state index contributed by atoms with van der Waals surface area (Å²) in [4.78, 5) is 11.2. The molecule has 2 N–H and O–H groups in total. The van der Waals surface area contributed by atoms with E-state index in [1.165, 1.54) is 0 Å². The number of benzene rings is 1. The summed E-state index contributed by atoms with van der Waals surface area (Å²) in [6.45, 7) is 3.85. The third-order valence-corrected chi connectivity index (χ3v) is 2.61. The van der Waals surface area contributed by atoms with Gasteiger partial charge in [-0.15, -0.1) is 0 Å². The molecule has 0 amide bonds. The van der Waals surface area contributed by atoms with Gasteiger partial charge in [0.15, 0.2) is 6.61 Å². The first-order chi connectivity index (χ1) is 8.54. The summed E-state index contributed by atoms with van der Waals surface area (Å²) in [5, 5.41) is 0.591. The van der Waals surface area contributed by atoms with Crippen LogP contribution in [-0.2, 0) is 16.0 Å². The van der Waals surface area contributed by atoms with E-state index in [2.05, 4.69) is 0 Å². The van der Waals surface area contributed by atoms with E-state index in [-0.39, 0.29) is 12.6 Å². The van der Waals surface area contributed by atoms with Gasteiger partial charge < -0.3 is 15.2 Å². The minimum absolute atomic E-state index is 0.0326. The molecule has 0 aromatic heterocycles. The normalized spacial score (nSPS) is 12.0. The van der Waals surface area contributed by atoms with Gasteiger partial charge in [-0.05, 0) is 32.4 Å². The molecule has 0 aliphatic carbocycles. The van der Waals surface area contributed by atoms with Gasteiger partial charge in [0.05, 0.1) is 6.61 Å². The van der Waals surface area contributed by atoms with Crippen LogP contribution in [0, 0.1) is 0 Å². The van der Waals surface area contributed by atoms with Crippen molar-refractivity contribution >= 4 is 17.6 Å². The van der Waals surface area contributed by atoms with Crippen LogP contribution in [0.25, 0.3) is 0 Å². The van der Waals surface area contributed by atoms with Crippen molar-refractivity contribution in [2.75, 3.05) is 13.2 Å². The van der Waals surface area contributed by atoms with Crippen LogP contribution in [-0.4, -0.2) is 25.2 Å². The van der Waals surface area contributed by atoms with Crippen LogP contribution in [0.4, 0.5) is 0 Å². The standard InChI is InChI=1S/C13H18ClNO3/c1-3-17-13(16)8-18-12-6-4-5-11(14)10(12)7-9(2)15/h4-6,9H,3,7-8,15H2,1-2H3. The van der Waals surface area contributed by atoms with Gasteiger partial charge in [-0.25, -0.2) is 4.79 Å². The molecule has 100 valence electrons. The van der Waals surface area contributed by atoms with Gasteiger partial charge >= 0.3 is 5.97 Å². The molecule has 0 spiro atoms. The number of hydrogen-bond donors (Lipinski definition) is 1. The smallest absolute Gasteiger partial charge is 0.344 e. The minimum atomic E-state index is -0.399. The highest BCUT2D eigenvalue weighted by molar-refractivity contribution is 6.31. The summed E-state index contributed by atoms with van der Waals surface area (Å²) in [5.74, 6) is 0.178. The fourth-order valence-electron chi connectivity index (χ4n) is 1.53. The number of esters is 1. The number of ether oxygens (including phenoxy) is 2. The van der Waals surface area contributed by atoms with Crippen molar-refractivity contribution in [2.24, 2.45) is 5.73 Å². The van der Waals surface area contributed by atoms with Crippen LogP contribution >= 0.6 is 11.6 Å². The van der Waals surface area contributed by atoms with Gasteiger partial charge in [0.2, 0.25) is 0 Å². The zero-order chi connectivity index (χ0) is 13.5. The van der Waals surface area contributed by atoms with E-state index in [1.54, 1.807) is 25.1 Å². The summed E-state index contributed by atoms with van der Waals surface area (Å²) in [6, 6.07) is 5.28. The lowest BCUT2D eigenvalue weighted by molar-refractivity contribution is -0.145. The molecule has 18 heavy (non-hydrogen) atoms. The molecule has 0 bridgehead atoms. The van der Waals surface area contributed by atoms with Gasteiger partial charge in [0.25, 0.3) is 0 Å². The molecule has 0 fully saturated rings. The van der Waals surface area contributed by atoms with Gasteiger partial charge in [0.1, 0.15) is 5.75 Å². The van der Waals surface area contributed by atoms with Gasteiger partial charge in [-0.2, -0.15) is 0 Å². The van der Waals surface area contributed by atoms with Crippen molar-refractivity contribution in [1.82, 2.24) is 0 Å². The molecule has 1 rings (SSSR count). The molecule has 1 aromatic carbocycles. The van der Waals surface area contributed by atoms with E-state index in [0.717, 1.165) is 5.56 Å². The highest BCUT2D eigenvalue weighted by Crippen LogP contribution is 2.27. The Bertz CT molecular complexity index is 407. The van der Waals surface area contributed by atoms with E-state index in [1.807, 2.05) is 6.92 Å². The molecular weight excluding hydrogens is 254 g/mol. The van der Waals surface area contributed by atoms with Gasteiger partial charge in [0, 0.05) is 16.6 Å². The lowest BCUT2D eigenvalue weighted by atomic mass is 10.1. The van der Waals surface area contributed by atoms with E-state index < -0.39 is 5.97 Å². The second-order valence-electron chi connectivity index (χ2n) is 3.99. The SMILES string of the molecule is CCOC(=O)COc1cccc(Cl)c1CC(C)N. The molecule has 1 unspecified atom stereocenters. The Kier molecular flexibility index (Phi) is 5.95. The van der Waals surface area contributed by atoms with Crippen molar-refractivity contribution in [3.05, 3.63) is 28.8 Å². The van der Waals surface area contributed by atoms with Crippen LogP contribution < -0.4 is 10.5 Å². The molecule has 0 heterocycles. The van der Waals surface area contributed by atoms with Gasteiger partial charge in [-0.3, -0.25) is 0 Å². The maximum atomic E-state index is 11.2. The molecule has 0 aliphatic rings. The number of carbonyl (C=O) groups excluding carboxylic acids is 1. The van der Waals surface area contributed by atoms with Crippen LogP contribution in [0.1, 0.15) is 19.4 Å². The molecule has 0 saturated carbocycles. The summed E-state index contributed by atoms with van der Waals surface area (Å²) in [5.41, 5.74) is 6.58. The van der Waals surface area contributed by atoms with Crippen molar-refractivity contribution in [1.29, 1.82) is 0 Å². The van der Waals surface area contributed by atoms with E-state index in [0.29, 0.717) is 23.8 Å². The maximum Gasteiger partial charge on any atom is 0.344 e. The first-order valence-corrected chi connectivity index (χ1v) is 6.23. The Morgan fingerprint density at radius 3 is 2.83 bits per heavy atom. The Morgan fingerprint density at radius 1 is 1.50 bits per heavy atom. The highest BCUT2D eigenvalue weighted by Gasteiger charge is 2.12. The van der Waals surface area contributed by atoms with Crippen LogP contribution in [0.2, 0.25) is 5.02 Å². The zero-order valence-corrected chi connectivity index (χ0v) is 11.4. The van der Waals surface area contributed by atoms with Crippen molar-refractivity contribution < 1.29 is 14.3 Å². The van der Waals surface area contributed by atoms with Crippen LogP contribution in [0.5, 0.6) is 5.75 Å². The van der Waals surface area contributed by atoms with E-state index in [4.69, 9.17) is 26.8 Å². The van der Waals surface area contributed by atoms with E-state index >= 15 is 0 Å². The Balaban J connectivity index is 2.75. The number of nitrogens with two attached hydrogens (primary N) is 1. The topological polar surface area (TPSA) is 61.5 Å². The minimum Gasteiger partial charge on any atom is -0.482 e. The first-order valence-electron chi connectivity index (χ1n) is 5.86. The summed E-state index contributed by atoms with van der Waals surface area (Å²) in [6.07, 6.45) is 0.595. The largest absolute Gasteiger partial charge is 0.482 e. The quantitative estimate of drug-likeness (QED) is 0.806. The molecular formula is C13H18ClNO3. The lowest BCUT2D eigenvalue weighted by Gasteiger charge is -2.14. The Hall–Kier alpha value is -1.26. The highest BCUT2D eigenvalue weighted by atomic mass is 35.5. The second-order valence-corrected chi connectivity index (χ2v) is 4.40. The number of carbonyl (C=O) groups is 1. The maximum absolute atomic E-state index is 11.2. The second kappa shape index (κ2) is 7.24. The molecule has 4 nitrogen and oxygen atoms in total. The predicted octanol–water partition coefficient (Wildman–Crippen LogP) is 2.17. The average molecular weight is 272 g/mol. The summed E-state index contributed by atoms with van der Waals surface area (Å²) in [7, 11) is 0. The van der Waals surface area contributed by atoms with Crippen molar-refractivity contribution in [2.45, 2.75) is 26.3 Å². The molecule has 0 radical (unpaired) electrons. The number of rotatable bonds is 6.